The summed E-state index contributed by atoms with van der Waals surface area (Å²) in [7, 11) is 0. The lowest BCUT2D eigenvalue weighted by Gasteiger charge is -2.30. The van der Waals surface area contributed by atoms with Crippen molar-refractivity contribution >= 4 is 44.8 Å². The Bertz CT molecular complexity index is 830. The number of halogens is 3. The van der Waals surface area contributed by atoms with Gasteiger partial charge in [-0.1, -0.05) is 36.0 Å². The van der Waals surface area contributed by atoms with Crippen molar-refractivity contribution in [2.24, 2.45) is 11.7 Å². The molecule has 0 radical (unpaired) electrons. The number of nitrogens with two attached hydrogens (primary N) is 2. The summed E-state index contributed by atoms with van der Waals surface area (Å²) in [4.78, 5) is 16.3. The van der Waals surface area contributed by atoms with Crippen LogP contribution < -0.4 is 21.9 Å². The molecule has 2 aliphatic rings. The SMILES string of the molecule is Cc1nc(-c2cc(Cl)c(N3CCNCC3)c(Cl)n2)nc(C2CCCC2)c1Br.NN. The quantitative estimate of drug-likeness (QED) is 0.333. The van der Waals surface area contributed by atoms with Crippen molar-refractivity contribution in [3.05, 3.63) is 32.1 Å². The van der Waals surface area contributed by atoms with E-state index in [1.54, 1.807) is 0 Å². The van der Waals surface area contributed by atoms with Gasteiger partial charge < -0.3 is 10.2 Å². The third-order valence-corrected chi connectivity index (χ3v) is 6.88. The van der Waals surface area contributed by atoms with Gasteiger partial charge in [0.2, 0.25) is 0 Å². The first kappa shape index (κ1) is 22.7. The molecule has 0 bridgehead atoms. The first-order chi connectivity index (χ1) is 14.0. The summed E-state index contributed by atoms with van der Waals surface area (Å²) < 4.78 is 1.01. The maximum atomic E-state index is 6.60. The van der Waals surface area contributed by atoms with Crippen LogP contribution in [0.25, 0.3) is 11.5 Å². The van der Waals surface area contributed by atoms with Crippen molar-refractivity contribution in [1.82, 2.24) is 20.3 Å². The molecule has 5 N–H and O–H groups in total. The molecule has 0 unspecified atom stereocenters. The van der Waals surface area contributed by atoms with Gasteiger partial charge in [-0.15, -0.1) is 0 Å². The van der Waals surface area contributed by atoms with E-state index >= 15 is 0 Å². The van der Waals surface area contributed by atoms with Crippen LogP contribution in [0.15, 0.2) is 10.5 Å². The fourth-order valence-corrected chi connectivity index (χ4v) is 5.10. The summed E-state index contributed by atoms with van der Waals surface area (Å²) in [5.74, 6) is 9.07. The second-order valence-electron chi connectivity index (χ2n) is 7.18. The van der Waals surface area contributed by atoms with Crippen molar-refractivity contribution in [3.8, 4) is 11.5 Å². The van der Waals surface area contributed by atoms with Gasteiger partial charge in [0.15, 0.2) is 11.0 Å². The molecule has 29 heavy (non-hydrogen) atoms. The monoisotopic (exact) mass is 501 g/mol. The minimum atomic E-state index is 0.408. The molecule has 0 aromatic carbocycles. The molecule has 2 fully saturated rings. The zero-order chi connectivity index (χ0) is 21.0. The fourth-order valence-electron chi connectivity index (χ4n) is 3.93. The van der Waals surface area contributed by atoms with Crippen molar-refractivity contribution in [1.29, 1.82) is 0 Å². The van der Waals surface area contributed by atoms with Crippen LogP contribution in [0.2, 0.25) is 10.2 Å². The highest BCUT2D eigenvalue weighted by Crippen LogP contribution is 2.39. The molecule has 10 heteroatoms. The van der Waals surface area contributed by atoms with Gasteiger partial charge in [-0.25, -0.2) is 15.0 Å². The van der Waals surface area contributed by atoms with Crippen LogP contribution in [0.5, 0.6) is 0 Å². The van der Waals surface area contributed by atoms with Crippen LogP contribution in [0, 0.1) is 6.92 Å². The molecule has 1 saturated carbocycles. The van der Waals surface area contributed by atoms with E-state index in [0.29, 0.717) is 27.6 Å². The molecule has 7 nitrogen and oxygen atoms in total. The lowest BCUT2D eigenvalue weighted by molar-refractivity contribution is 0.589. The Balaban J connectivity index is 0.00000117. The number of pyridine rings is 1. The molecule has 4 rings (SSSR count). The van der Waals surface area contributed by atoms with Crippen LogP contribution in [-0.4, -0.2) is 41.1 Å². The van der Waals surface area contributed by atoms with Crippen molar-refractivity contribution in [2.75, 3.05) is 31.1 Å². The van der Waals surface area contributed by atoms with Gasteiger partial charge in [0.05, 0.1) is 26.6 Å². The number of hydrogen-bond acceptors (Lipinski definition) is 7. The maximum absolute atomic E-state index is 6.60. The zero-order valence-corrected chi connectivity index (χ0v) is 19.5. The van der Waals surface area contributed by atoms with E-state index in [0.717, 1.165) is 47.7 Å². The van der Waals surface area contributed by atoms with E-state index in [-0.39, 0.29) is 0 Å². The van der Waals surface area contributed by atoms with Gasteiger partial charge in [0.25, 0.3) is 0 Å². The van der Waals surface area contributed by atoms with Gasteiger partial charge in [-0.2, -0.15) is 0 Å². The van der Waals surface area contributed by atoms with Crippen LogP contribution in [0.3, 0.4) is 0 Å². The Morgan fingerprint density at radius 1 is 1.10 bits per heavy atom. The standard InChI is InChI=1S/C19H22BrCl2N5.H4N2/c1-11-15(20)16(12-4-2-3-5-12)26-19(24-11)14-10-13(21)17(18(22)25-14)27-8-6-23-7-9-27;1-2/h10,12,23H,2-9H2,1H3;1-2H2. The summed E-state index contributed by atoms with van der Waals surface area (Å²) in [5, 5.41) is 4.34. The number of nitrogens with one attached hydrogen (secondary N) is 1. The second kappa shape index (κ2) is 10.3. The van der Waals surface area contributed by atoms with Crippen molar-refractivity contribution < 1.29 is 0 Å². The highest BCUT2D eigenvalue weighted by Gasteiger charge is 2.25. The van der Waals surface area contributed by atoms with Gasteiger partial charge in [-0.3, -0.25) is 11.7 Å². The summed E-state index contributed by atoms with van der Waals surface area (Å²) in [6.07, 6.45) is 4.85. The third kappa shape index (κ3) is 5.00. The minimum absolute atomic E-state index is 0.408. The van der Waals surface area contributed by atoms with E-state index in [2.05, 4.69) is 47.8 Å². The van der Waals surface area contributed by atoms with Crippen LogP contribution >= 0.6 is 39.1 Å². The summed E-state index contributed by atoms with van der Waals surface area (Å²) in [5.41, 5.74) is 3.42. The first-order valence-electron chi connectivity index (χ1n) is 9.74. The number of aryl methyl sites for hydroxylation is 1. The first-order valence-corrected chi connectivity index (χ1v) is 11.3. The Labute approximate surface area is 189 Å². The van der Waals surface area contributed by atoms with E-state index < -0.39 is 0 Å². The predicted molar refractivity (Wildman–Crippen MR) is 122 cm³/mol. The Hall–Kier alpha value is -1.03. The topological polar surface area (TPSA) is 106 Å². The van der Waals surface area contributed by atoms with E-state index in [9.17, 15) is 0 Å². The molecule has 1 aliphatic heterocycles. The van der Waals surface area contributed by atoms with Gasteiger partial charge in [0.1, 0.15) is 5.69 Å². The predicted octanol–water partition coefficient (Wildman–Crippen LogP) is 3.80. The van der Waals surface area contributed by atoms with Crippen molar-refractivity contribution in [3.63, 3.8) is 0 Å². The molecule has 2 aromatic rings. The summed E-state index contributed by atoms with van der Waals surface area (Å²) in [6.45, 7) is 5.54. The van der Waals surface area contributed by atoms with Crippen LogP contribution in [0.1, 0.15) is 43.0 Å². The molecule has 1 aliphatic carbocycles. The van der Waals surface area contributed by atoms with Gasteiger partial charge in [0, 0.05) is 32.1 Å². The highest BCUT2D eigenvalue weighted by molar-refractivity contribution is 9.10. The molecule has 3 heterocycles. The Kier molecular flexibility index (Phi) is 8.07. The third-order valence-electron chi connectivity index (χ3n) is 5.35. The van der Waals surface area contributed by atoms with Crippen LogP contribution in [-0.2, 0) is 0 Å². The summed E-state index contributed by atoms with van der Waals surface area (Å²) >= 11 is 16.8. The van der Waals surface area contributed by atoms with Gasteiger partial charge >= 0.3 is 0 Å². The fraction of sp³-hybridized carbons (Fsp3) is 0.526. The van der Waals surface area contributed by atoms with Gasteiger partial charge in [-0.05, 0) is 41.8 Å². The largest absolute Gasteiger partial charge is 0.365 e. The Morgan fingerprint density at radius 2 is 1.76 bits per heavy atom. The van der Waals surface area contributed by atoms with E-state index in [1.807, 2.05) is 13.0 Å². The molecule has 2 aromatic heterocycles. The minimum Gasteiger partial charge on any atom is -0.365 e. The number of anilines is 1. The number of hydrogen-bond donors (Lipinski definition) is 3. The molecule has 158 valence electrons. The van der Waals surface area contributed by atoms with Crippen molar-refractivity contribution in [2.45, 2.75) is 38.5 Å². The van der Waals surface area contributed by atoms with E-state index in [1.165, 1.54) is 25.7 Å². The second-order valence-corrected chi connectivity index (χ2v) is 8.74. The number of piperazine rings is 1. The average molecular weight is 503 g/mol. The average Bonchev–Trinajstić information content (AvgIpc) is 3.26. The van der Waals surface area contributed by atoms with E-state index in [4.69, 9.17) is 28.2 Å². The molecular formula is C19H26BrCl2N7. The smallest absolute Gasteiger partial charge is 0.178 e. The molecule has 0 spiro atoms. The highest BCUT2D eigenvalue weighted by atomic mass is 79.9. The molecule has 0 amide bonds. The Morgan fingerprint density at radius 3 is 2.38 bits per heavy atom. The van der Waals surface area contributed by atoms with Crippen LogP contribution in [0.4, 0.5) is 5.69 Å². The lowest BCUT2D eigenvalue weighted by Crippen LogP contribution is -2.43. The summed E-state index contributed by atoms with van der Waals surface area (Å²) in [6, 6.07) is 1.84. The number of aromatic nitrogens is 3. The normalized spacial score (nSPS) is 17.2. The number of nitrogens with zero attached hydrogens (tertiary/aromatic N) is 4. The number of hydrazine groups is 1. The zero-order valence-electron chi connectivity index (χ0n) is 16.4. The molecular weight excluding hydrogens is 477 g/mol. The molecule has 1 saturated heterocycles. The molecule has 0 atom stereocenters. The number of rotatable bonds is 3. The maximum Gasteiger partial charge on any atom is 0.178 e. The lowest BCUT2D eigenvalue weighted by atomic mass is 10.0.